The quantitative estimate of drug-likeness (QED) is 0.736. The molecule has 0 fully saturated rings. The Morgan fingerprint density at radius 3 is 2.57 bits per heavy atom. The fourth-order valence-electron chi connectivity index (χ4n) is 2.03. The van der Waals surface area contributed by atoms with Gasteiger partial charge in [0, 0.05) is 25.8 Å². The van der Waals surface area contributed by atoms with Crippen molar-refractivity contribution in [2.75, 3.05) is 13.2 Å². The van der Waals surface area contributed by atoms with Crippen LogP contribution in [0.4, 0.5) is 4.39 Å². The van der Waals surface area contributed by atoms with Gasteiger partial charge in [-0.1, -0.05) is 12.1 Å². The van der Waals surface area contributed by atoms with E-state index in [0.717, 1.165) is 5.82 Å². The maximum Gasteiger partial charge on any atom is 0.181 e. The third-order valence-electron chi connectivity index (χ3n) is 2.99. The summed E-state index contributed by atoms with van der Waals surface area (Å²) < 4.78 is 26.0. The Balaban J connectivity index is 2.18. The van der Waals surface area contributed by atoms with Crippen molar-refractivity contribution in [1.29, 1.82) is 0 Å². The van der Waals surface area contributed by atoms with Gasteiger partial charge in [-0.25, -0.2) is 9.37 Å². The summed E-state index contributed by atoms with van der Waals surface area (Å²) in [6.07, 6.45) is 0.156. The van der Waals surface area contributed by atoms with E-state index in [1.807, 2.05) is 13.8 Å². The van der Waals surface area contributed by atoms with Gasteiger partial charge in [-0.3, -0.25) is 4.68 Å². The maximum atomic E-state index is 13.3. The summed E-state index contributed by atoms with van der Waals surface area (Å²) in [4.78, 5) is 4.45. The first-order valence-electron chi connectivity index (χ1n) is 7.03. The Labute approximate surface area is 123 Å². The Kier molecular flexibility index (Phi) is 5.41. The molecule has 0 N–H and O–H groups in total. The Morgan fingerprint density at radius 2 is 1.95 bits per heavy atom. The summed E-state index contributed by atoms with van der Waals surface area (Å²) in [5.74, 6) is 0.933. The van der Waals surface area contributed by atoms with Crippen LogP contribution in [0.1, 0.15) is 19.7 Å². The van der Waals surface area contributed by atoms with E-state index in [1.165, 1.54) is 12.1 Å². The lowest BCUT2D eigenvalue weighted by molar-refractivity contribution is -0.135. The molecule has 0 bridgehead atoms. The summed E-state index contributed by atoms with van der Waals surface area (Å²) >= 11 is 0. The molecule has 0 saturated carbocycles. The minimum Gasteiger partial charge on any atom is -0.352 e. The molecular weight excluding hydrogens is 273 g/mol. The van der Waals surface area contributed by atoms with Crippen LogP contribution in [-0.2, 0) is 22.9 Å². The lowest BCUT2D eigenvalue weighted by Crippen LogP contribution is -2.22. The molecule has 6 heteroatoms. The zero-order valence-corrected chi connectivity index (χ0v) is 12.5. The highest BCUT2D eigenvalue weighted by Gasteiger charge is 2.16. The van der Waals surface area contributed by atoms with E-state index in [0.29, 0.717) is 31.0 Å². The SMILES string of the molecule is CCOC(Cc1nc(-c2cccc(F)c2)nn1C)OCC. The van der Waals surface area contributed by atoms with Gasteiger partial charge in [-0.15, -0.1) is 0 Å². The van der Waals surface area contributed by atoms with E-state index in [-0.39, 0.29) is 12.1 Å². The molecule has 0 aliphatic rings. The summed E-state index contributed by atoms with van der Waals surface area (Å²) in [7, 11) is 1.81. The van der Waals surface area contributed by atoms with Crippen molar-refractivity contribution in [3.05, 3.63) is 35.9 Å². The minimum atomic E-state index is -0.344. The van der Waals surface area contributed by atoms with Crippen LogP contribution in [0, 0.1) is 5.82 Å². The number of benzene rings is 1. The highest BCUT2D eigenvalue weighted by molar-refractivity contribution is 5.54. The highest BCUT2D eigenvalue weighted by atomic mass is 19.1. The molecule has 114 valence electrons. The number of hydrogen-bond acceptors (Lipinski definition) is 4. The normalized spacial score (nSPS) is 11.3. The second kappa shape index (κ2) is 7.28. The van der Waals surface area contributed by atoms with Crippen LogP contribution in [0.15, 0.2) is 24.3 Å². The van der Waals surface area contributed by atoms with E-state index < -0.39 is 0 Å². The lowest BCUT2D eigenvalue weighted by Gasteiger charge is -2.15. The fourth-order valence-corrected chi connectivity index (χ4v) is 2.03. The van der Waals surface area contributed by atoms with Gasteiger partial charge in [0.1, 0.15) is 11.6 Å². The molecule has 5 nitrogen and oxygen atoms in total. The van der Waals surface area contributed by atoms with E-state index >= 15 is 0 Å². The molecule has 0 amide bonds. The Morgan fingerprint density at radius 1 is 1.24 bits per heavy atom. The van der Waals surface area contributed by atoms with Crippen molar-refractivity contribution in [3.63, 3.8) is 0 Å². The van der Waals surface area contributed by atoms with Crippen LogP contribution in [0.5, 0.6) is 0 Å². The number of aromatic nitrogens is 3. The van der Waals surface area contributed by atoms with E-state index in [2.05, 4.69) is 10.1 Å². The molecule has 2 rings (SSSR count). The predicted molar refractivity (Wildman–Crippen MR) is 77.1 cm³/mol. The Bertz CT molecular complexity index is 580. The molecule has 0 saturated heterocycles. The topological polar surface area (TPSA) is 49.2 Å². The van der Waals surface area contributed by atoms with Crippen LogP contribution in [0.3, 0.4) is 0 Å². The molecule has 1 heterocycles. The average molecular weight is 293 g/mol. The smallest absolute Gasteiger partial charge is 0.181 e. The number of hydrogen-bond donors (Lipinski definition) is 0. The van der Waals surface area contributed by atoms with Gasteiger partial charge in [-0.2, -0.15) is 5.10 Å². The molecule has 0 unspecified atom stereocenters. The van der Waals surface area contributed by atoms with Gasteiger partial charge in [0.15, 0.2) is 12.1 Å². The average Bonchev–Trinajstić information content (AvgIpc) is 2.81. The molecule has 0 radical (unpaired) electrons. The standard InChI is InChI=1S/C15H20FN3O2/c1-4-20-14(21-5-2)10-13-17-15(18-19(13)3)11-7-6-8-12(16)9-11/h6-9,14H,4-5,10H2,1-3H3. The fraction of sp³-hybridized carbons (Fsp3) is 0.467. The van der Waals surface area contributed by atoms with Gasteiger partial charge in [-0.05, 0) is 26.0 Å². The second-order valence-corrected chi connectivity index (χ2v) is 4.53. The largest absolute Gasteiger partial charge is 0.352 e. The molecule has 1 aromatic carbocycles. The summed E-state index contributed by atoms with van der Waals surface area (Å²) in [6.45, 7) is 4.97. The molecule has 2 aromatic rings. The first-order chi connectivity index (χ1) is 10.1. The number of halogens is 1. The lowest BCUT2D eigenvalue weighted by atomic mass is 10.2. The maximum absolute atomic E-state index is 13.3. The molecule has 21 heavy (non-hydrogen) atoms. The predicted octanol–water partition coefficient (Wildman–Crippen LogP) is 2.56. The second-order valence-electron chi connectivity index (χ2n) is 4.53. The molecule has 0 spiro atoms. The van der Waals surface area contributed by atoms with Crippen molar-refractivity contribution in [3.8, 4) is 11.4 Å². The molecule has 0 aliphatic heterocycles. The minimum absolute atomic E-state index is 0.303. The van der Waals surface area contributed by atoms with Crippen LogP contribution in [-0.4, -0.2) is 34.3 Å². The van der Waals surface area contributed by atoms with Crippen molar-refractivity contribution in [1.82, 2.24) is 14.8 Å². The summed E-state index contributed by atoms with van der Waals surface area (Å²) in [5.41, 5.74) is 0.654. The number of nitrogens with zero attached hydrogens (tertiary/aromatic N) is 3. The van der Waals surface area contributed by atoms with Crippen LogP contribution in [0.25, 0.3) is 11.4 Å². The van der Waals surface area contributed by atoms with Crippen molar-refractivity contribution >= 4 is 0 Å². The van der Waals surface area contributed by atoms with Gasteiger partial charge < -0.3 is 9.47 Å². The molecule has 0 aliphatic carbocycles. The highest BCUT2D eigenvalue weighted by Crippen LogP contribution is 2.17. The number of rotatable bonds is 7. The zero-order valence-electron chi connectivity index (χ0n) is 12.5. The van der Waals surface area contributed by atoms with E-state index in [1.54, 1.807) is 23.9 Å². The number of aryl methyl sites for hydroxylation is 1. The van der Waals surface area contributed by atoms with Crippen molar-refractivity contribution < 1.29 is 13.9 Å². The first kappa shape index (κ1) is 15.6. The Hall–Kier alpha value is -1.79. The van der Waals surface area contributed by atoms with Gasteiger partial charge in [0.05, 0.1) is 6.42 Å². The first-order valence-corrected chi connectivity index (χ1v) is 7.03. The summed E-state index contributed by atoms with van der Waals surface area (Å²) in [5, 5.41) is 4.32. The van der Waals surface area contributed by atoms with E-state index in [9.17, 15) is 4.39 Å². The van der Waals surface area contributed by atoms with Crippen molar-refractivity contribution in [2.24, 2.45) is 7.05 Å². The van der Waals surface area contributed by atoms with Crippen molar-refractivity contribution in [2.45, 2.75) is 26.6 Å². The summed E-state index contributed by atoms with van der Waals surface area (Å²) in [6, 6.07) is 6.24. The molecular formula is C15H20FN3O2. The third kappa shape index (κ3) is 4.09. The van der Waals surface area contributed by atoms with Crippen LogP contribution >= 0.6 is 0 Å². The van der Waals surface area contributed by atoms with Gasteiger partial charge in [0.2, 0.25) is 0 Å². The molecule has 1 aromatic heterocycles. The van der Waals surface area contributed by atoms with Crippen LogP contribution < -0.4 is 0 Å². The van der Waals surface area contributed by atoms with Crippen LogP contribution in [0.2, 0.25) is 0 Å². The molecule has 0 atom stereocenters. The number of ether oxygens (including phenoxy) is 2. The monoisotopic (exact) mass is 293 g/mol. The zero-order chi connectivity index (χ0) is 15.2. The van der Waals surface area contributed by atoms with Gasteiger partial charge in [0.25, 0.3) is 0 Å². The third-order valence-corrected chi connectivity index (χ3v) is 2.99. The van der Waals surface area contributed by atoms with E-state index in [4.69, 9.17) is 9.47 Å². The van der Waals surface area contributed by atoms with Gasteiger partial charge >= 0.3 is 0 Å².